The van der Waals surface area contributed by atoms with Gasteiger partial charge >= 0.3 is 0 Å². The van der Waals surface area contributed by atoms with Gasteiger partial charge in [-0.25, -0.2) is 9.97 Å². The Hall–Kier alpha value is -2.26. The highest BCUT2D eigenvalue weighted by Crippen LogP contribution is 2.42. The predicted octanol–water partition coefficient (Wildman–Crippen LogP) is 3.13. The topological polar surface area (TPSA) is 76.0 Å². The average molecular weight is 527 g/mol. The number of carbonyl (C=O) groups excluding carboxylic acids is 1. The summed E-state index contributed by atoms with van der Waals surface area (Å²) in [7, 11) is 0. The van der Waals surface area contributed by atoms with E-state index in [9.17, 15) is 9.90 Å². The van der Waals surface area contributed by atoms with Gasteiger partial charge in [0.1, 0.15) is 12.1 Å². The van der Waals surface area contributed by atoms with E-state index in [1.807, 2.05) is 29.2 Å². The summed E-state index contributed by atoms with van der Waals surface area (Å²) in [6.07, 6.45) is 1.73. The zero-order chi connectivity index (χ0) is 26.1. The Morgan fingerprint density at radius 3 is 2.35 bits per heavy atom. The Balaban J connectivity index is 1.28. The summed E-state index contributed by atoms with van der Waals surface area (Å²) in [6, 6.07) is 8.33. The van der Waals surface area contributed by atoms with Gasteiger partial charge < -0.3 is 14.9 Å². The van der Waals surface area contributed by atoms with Crippen LogP contribution in [0.3, 0.4) is 0 Å². The largest absolute Gasteiger partial charge is 0.387 e. The molecule has 1 aromatic heterocycles. The third kappa shape index (κ3) is 5.62. The van der Waals surface area contributed by atoms with Crippen LogP contribution in [0.1, 0.15) is 62.0 Å². The molecule has 3 heterocycles. The standard InChI is InChI=1S/C28H39ClN6O2/c1-19(2)33-10-8-32(9-11-33)17-23(21-4-6-22(29)7-5-21)28(37)35-14-12-34(13-15-35)27-25-20(3)16-24(36)26(25)30-18-31-27/h4-7,18-20,23-24,36H,8-17H2,1-3H3/t20?,23-,24-/m1/s1. The van der Waals surface area contributed by atoms with E-state index in [1.165, 1.54) is 0 Å². The lowest BCUT2D eigenvalue weighted by atomic mass is 9.96. The normalized spacial score (nSPS) is 23.9. The fourth-order valence-electron chi connectivity index (χ4n) is 6.05. The summed E-state index contributed by atoms with van der Waals surface area (Å²) in [4.78, 5) is 32.1. The van der Waals surface area contributed by atoms with Gasteiger partial charge in [0, 0.05) is 75.5 Å². The van der Waals surface area contributed by atoms with E-state index in [1.54, 1.807) is 6.33 Å². The SMILES string of the molecule is CC1C[C@@H](O)c2ncnc(N3CCN(C(=O)[C@H](CN4CCN(C(C)C)CC4)c4ccc(Cl)cc4)CC3)c21. The molecule has 1 aromatic carbocycles. The third-order valence-corrected chi connectivity index (χ3v) is 8.57. The maximum atomic E-state index is 13.9. The van der Waals surface area contributed by atoms with E-state index in [0.29, 0.717) is 30.6 Å². The number of aliphatic hydroxyl groups is 1. The summed E-state index contributed by atoms with van der Waals surface area (Å²) in [6.45, 7) is 14.1. The van der Waals surface area contributed by atoms with Crippen molar-refractivity contribution in [3.8, 4) is 0 Å². The molecule has 0 saturated carbocycles. The smallest absolute Gasteiger partial charge is 0.231 e. The van der Waals surface area contributed by atoms with Crippen molar-refractivity contribution in [1.29, 1.82) is 0 Å². The Bertz CT molecular complexity index is 1080. The summed E-state index contributed by atoms with van der Waals surface area (Å²) in [5.41, 5.74) is 2.85. The lowest BCUT2D eigenvalue weighted by Gasteiger charge is -2.40. The van der Waals surface area contributed by atoms with E-state index < -0.39 is 6.10 Å². The minimum atomic E-state index is -0.517. The molecule has 2 aromatic rings. The van der Waals surface area contributed by atoms with Crippen molar-refractivity contribution in [3.05, 3.63) is 52.4 Å². The van der Waals surface area contributed by atoms with E-state index >= 15 is 0 Å². The Morgan fingerprint density at radius 1 is 1.03 bits per heavy atom. The molecule has 1 amide bonds. The fraction of sp³-hybridized carbons (Fsp3) is 0.607. The van der Waals surface area contributed by atoms with Gasteiger partial charge in [0.15, 0.2) is 0 Å². The zero-order valence-corrected chi connectivity index (χ0v) is 22.9. The van der Waals surface area contributed by atoms with Gasteiger partial charge in [0.25, 0.3) is 0 Å². The van der Waals surface area contributed by atoms with Crippen molar-refractivity contribution in [2.45, 2.75) is 51.2 Å². The first-order valence-corrected chi connectivity index (χ1v) is 14.0. The van der Waals surface area contributed by atoms with Crippen LogP contribution < -0.4 is 4.90 Å². The van der Waals surface area contributed by atoms with Crippen LogP contribution in [0.15, 0.2) is 30.6 Å². The first-order chi connectivity index (χ1) is 17.8. The quantitative estimate of drug-likeness (QED) is 0.619. The maximum Gasteiger partial charge on any atom is 0.231 e. The molecular formula is C28H39ClN6O2. The average Bonchev–Trinajstić information content (AvgIpc) is 3.21. The number of amides is 1. The Labute approximate surface area is 225 Å². The molecule has 3 aliphatic rings. The molecule has 8 nitrogen and oxygen atoms in total. The predicted molar refractivity (Wildman–Crippen MR) is 146 cm³/mol. The number of anilines is 1. The van der Waals surface area contributed by atoms with Gasteiger partial charge in [-0.05, 0) is 43.9 Å². The molecule has 0 bridgehead atoms. The molecule has 9 heteroatoms. The van der Waals surface area contributed by atoms with Crippen LogP contribution in [-0.2, 0) is 4.79 Å². The van der Waals surface area contributed by atoms with E-state index in [0.717, 1.165) is 68.5 Å². The Kier molecular flexibility index (Phi) is 8.00. The zero-order valence-electron chi connectivity index (χ0n) is 22.2. The van der Waals surface area contributed by atoms with Crippen molar-refractivity contribution in [2.75, 3.05) is 63.8 Å². The molecule has 37 heavy (non-hydrogen) atoms. The number of benzene rings is 1. The monoisotopic (exact) mass is 526 g/mol. The molecule has 2 saturated heterocycles. The van der Waals surface area contributed by atoms with Crippen molar-refractivity contribution >= 4 is 23.3 Å². The van der Waals surface area contributed by atoms with Crippen LogP contribution in [-0.4, -0.2) is 101 Å². The van der Waals surface area contributed by atoms with E-state index in [2.05, 4.69) is 45.4 Å². The molecule has 200 valence electrons. The number of fused-ring (bicyclic) bond motifs is 1. The summed E-state index contributed by atoms with van der Waals surface area (Å²) in [5, 5.41) is 11.1. The van der Waals surface area contributed by atoms with Gasteiger partial charge in [-0.15, -0.1) is 0 Å². The molecule has 5 rings (SSSR count). The lowest BCUT2D eigenvalue weighted by Crippen LogP contribution is -2.53. The van der Waals surface area contributed by atoms with Crippen LogP contribution in [0.5, 0.6) is 0 Å². The number of carbonyl (C=O) groups is 1. The molecule has 1 aliphatic carbocycles. The van der Waals surface area contributed by atoms with Gasteiger partial charge in [-0.3, -0.25) is 14.6 Å². The van der Waals surface area contributed by atoms with Gasteiger partial charge in [-0.2, -0.15) is 0 Å². The van der Waals surface area contributed by atoms with Crippen LogP contribution in [0.25, 0.3) is 0 Å². The Morgan fingerprint density at radius 2 is 1.70 bits per heavy atom. The first-order valence-electron chi connectivity index (χ1n) is 13.6. The number of piperazine rings is 2. The number of nitrogens with zero attached hydrogens (tertiary/aromatic N) is 6. The van der Waals surface area contributed by atoms with E-state index in [-0.39, 0.29) is 17.7 Å². The number of halogens is 1. The molecule has 1 unspecified atom stereocenters. The van der Waals surface area contributed by atoms with Crippen LogP contribution >= 0.6 is 11.6 Å². The van der Waals surface area contributed by atoms with Crippen molar-refractivity contribution in [2.24, 2.45) is 0 Å². The second-order valence-corrected chi connectivity index (χ2v) is 11.4. The van der Waals surface area contributed by atoms with Crippen molar-refractivity contribution < 1.29 is 9.90 Å². The third-order valence-electron chi connectivity index (χ3n) is 8.32. The molecule has 0 radical (unpaired) electrons. The summed E-state index contributed by atoms with van der Waals surface area (Å²) in [5.74, 6) is 1.11. The van der Waals surface area contributed by atoms with Crippen molar-refractivity contribution in [1.82, 2.24) is 24.7 Å². The second kappa shape index (κ2) is 11.2. The fourth-order valence-corrected chi connectivity index (χ4v) is 6.18. The molecule has 0 spiro atoms. The number of aliphatic hydroxyl groups excluding tert-OH is 1. The summed E-state index contributed by atoms with van der Waals surface area (Å²) < 4.78 is 0. The second-order valence-electron chi connectivity index (χ2n) is 11.0. The van der Waals surface area contributed by atoms with Crippen LogP contribution in [0.2, 0.25) is 5.02 Å². The number of hydrogen-bond acceptors (Lipinski definition) is 7. The summed E-state index contributed by atoms with van der Waals surface area (Å²) >= 11 is 6.17. The highest BCUT2D eigenvalue weighted by atomic mass is 35.5. The minimum absolute atomic E-state index is 0.185. The van der Waals surface area contributed by atoms with Crippen molar-refractivity contribution in [3.63, 3.8) is 0 Å². The molecule has 1 N–H and O–H groups in total. The van der Waals surface area contributed by atoms with Gasteiger partial charge in [0.05, 0.1) is 17.7 Å². The van der Waals surface area contributed by atoms with Gasteiger partial charge in [-0.1, -0.05) is 30.7 Å². The number of hydrogen-bond donors (Lipinski definition) is 1. The van der Waals surface area contributed by atoms with E-state index in [4.69, 9.17) is 11.6 Å². The van der Waals surface area contributed by atoms with Crippen LogP contribution in [0.4, 0.5) is 5.82 Å². The highest BCUT2D eigenvalue weighted by Gasteiger charge is 2.35. The molecule has 3 atom stereocenters. The van der Waals surface area contributed by atoms with Gasteiger partial charge in [0.2, 0.25) is 5.91 Å². The molecule has 2 aliphatic heterocycles. The number of rotatable bonds is 6. The molecule has 2 fully saturated rings. The number of aromatic nitrogens is 2. The first kappa shape index (κ1) is 26.4. The maximum absolute atomic E-state index is 13.9. The lowest BCUT2D eigenvalue weighted by molar-refractivity contribution is -0.133. The molecular weight excluding hydrogens is 488 g/mol. The minimum Gasteiger partial charge on any atom is -0.387 e. The highest BCUT2D eigenvalue weighted by molar-refractivity contribution is 6.30. The van der Waals surface area contributed by atoms with Crippen LogP contribution in [0, 0.1) is 0 Å².